The predicted molar refractivity (Wildman–Crippen MR) is 135 cm³/mol. The number of hydrogen-bond donors (Lipinski definition) is 2. The van der Waals surface area contributed by atoms with Crippen LogP contribution in [-0.4, -0.2) is 37.1 Å². The Labute approximate surface area is 204 Å². The van der Waals surface area contributed by atoms with Crippen LogP contribution < -0.4 is 10.6 Å². The van der Waals surface area contributed by atoms with Crippen molar-refractivity contribution < 1.29 is 19.1 Å². The fourth-order valence-electron chi connectivity index (χ4n) is 3.34. The summed E-state index contributed by atoms with van der Waals surface area (Å²) in [5.41, 5.74) is 2.20. The molecule has 2 aromatic rings. The molecule has 0 radical (unpaired) electrons. The normalized spacial score (nSPS) is 13.0. The molecule has 34 heavy (non-hydrogen) atoms. The van der Waals surface area contributed by atoms with Crippen LogP contribution in [0.2, 0.25) is 0 Å². The fraction of sp³-hybridized carbons (Fsp3) is 0.500. The summed E-state index contributed by atoms with van der Waals surface area (Å²) in [6.45, 7) is 10.1. The van der Waals surface area contributed by atoms with Gasteiger partial charge in [-0.3, -0.25) is 9.59 Å². The SMILES string of the molecule is CC(C)[C@@H](COCc1ccccc1)NC(=O)CCC(=O)N[C@H](COCc1ccccc1)C(C)C. The van der Waals surface area contributed by atoms with Crippen molar-refractivity contribution in [2.24, 2.45) is 11.8 Å². The lowest BCUT2D eigenvalue weighted by Gasteiger charge is -2.23. The van der Waals surface area contributed by atoms with E-state index in [4.69, 9.17) is 9.47 Å². The first-order valence-corrected chi connectivity index (χ1v) is 12.2. The van der Waals surface area contributed by atoms with E-state index in [1.54, 1.807) is 0 Å². The maximum atomic E-state index is 12.5. The molecule has 0 aliphatic rings. The molecule has 2 N–H and O–H groups in total. The lowest BCUT2D eigenvalue weighted by Crippen LogP contribution is -2.44. The van der Waals surface area contributed by atoms with Crippen molar-refractivity contribution >= 4 is 11.8 Å². The van der Waals surface area contributed by atoms with Crippen molar-refractivity contribution in [1.29, 1.82) is 0 Å². The van der Waals surface area contributed by atoms with E-state index in [9.17, 15) is 9.59 Å². The number of carbonyl (C=O) groups is 2. The molecule has 0 heterocycles. The first kappa shape index (κ1) is 27.5. The minimum absolute atomic E-state index is 0.103. The average molecular weight is 469 g/mol. The highest BCUT2D eigenvalue weighted by atomic mass is 16.5. The van der Waals surface area contributed by atoms with E-state index in [1.165, 1.54) is 0 Å². The highest BCUT2D eigenvalue weighted by Crippen LogP contribution is 2.08. The van der Waals surface area contributed by atoms with E-state index in [0.29, 0.717) is 26.4 Å². The molecule has 2 atom stereocenters. The van der Waals surface area contributed by atoms with E-state index < -0.39 is 0 Å². The molecule has 0 bridgehead atoms. The van der Waals surface area contributed by atoms with Gasteiger partial charge in [0.1, 0.15) is 0 Å². The van der Waals surface area contributed by atoms with Gasteiger partial charge in [0.25, 0.3) is 0 Å². The molecular formula is C28H40N2O4. The molecule has 0 aliphatic heterocycles. The van der Waals surface area contributed by atoms with Gasteiger partial charge in [0.15, 0.2) is 0 Å². The first-order chi connectivity index (χ1) is 16.3. The summed E-state index contributed by atoms with van der Waals surface area (Å²) < 4.78 is 11.6. The second-order valence-corrected chi connectivity index (χ2v) is 9.34. The molecule has 2 amide bonds. The molecule has 2 aromatic carbocycles. The molecule has 0 aliphatic carbocycles. The third kappa shape index (κ3) is 10.9. The highest BCUT2D eigenvalue weighted by Gasteiger charge is 2.20. The third-order valence-electron chi connectivity index (χ3n) is 5.70. The maximum Gasteiger partial charge on any atom is 0.220 e. The molecule has 0 fully saturated rings. The Morgan fingerprint density at radius 3 is 1.32 bits per heavy atom. The number of rotatable bonds is 15. The van der Waals surface area contributed by atoms with Crippen molar-refractivity contribution in [2.45, 2.75) is 65.8 Å². The van der Waals surface area contributed by atoms with Crippen LogP contribution >= 0.6 is 0 Å². The van der Waals surface area contributed by atoms with Gasteiger partial charge in [-0.05, 0) is 23.0 Å². The Hall–Kier alpha value is -2.70. The summed E-state index contributed by atoms with van der Waals surface area (Å²) >= 11 is 0. The molecular weight excluding hydrogens is 428 g/mol. The van der Waals surface area contributed by atoms with Gasteiger partial charge >= 0.3 is 0 Å². The monoisotopic (exact) mass is 468 g/mol. The largest absolute Gasteiger partial charge is 0.375 e. The van der Waals surface area contributed by atoms with Crippen molar-refractivity contribution in [1.82, 2.24) is 10.6 Å². The quantitative estimate of drug-likeness (QED) is 0.404. The smallest absolute Gasteiger partial charge is 0.220 e. The summed E-state index contributed by atoms with van der Waals surface area (Å²) in [4.78, 5) is 24.9. The Morgan fingerprint density at radius 1 is 0.647 bits per heavy atom. The van der Waals surface area contributed by atoms with Crippen molar-refractivity contribution in [2.75, 3.05) is 13.2 Å². The summed E-state index contributed by atoms with van der Waals surface area (Å²) in [6.07, 6.45) is 0.285. The van der Waals surface area contributed by atoms with Crippen LogP contribution in [0.4, 0.5) is 0 Å². The zero-order chi connectivity index (χ0) is 24.8. The molecule has 6 heteroatoms. The molecule has 0 saturated carbocycles. The number of ether oxygens (including phenoxy) is 2. The van der Waals surface area contributed by atoms with Gasteiger partial charge in [0.05, 0.1) is 38.5 Å². The molecule has 0 spiro atoms. The lowest BCUT2D eigenvalue weighted by atomic mass is 10.0. The second-order valence-electron chi connectivity index (χ2n) is 9.34. The Bertz CT molecular complexity index is 768. The van der Waals surface area contributed by atoms with Gasteiger partial charge in [0.2, 0.25) is 11.8 Å². The van der Waals surface area contributed by atoms with Crippen LogP contribution in [0.3, 0.4) is 0 Å². The number of carbonyl (C=O) groups excluding carboxylic acids is 2. The summed E-state index contributed by atoms with van der Waals surface area (Å²) in [6, 6.07) is 19.7. The Morgan fingerprint density at radius 2 is 1.00 bits per heavy atom. The summed E-state index contributed by atoms with van der Waals surface area (Å²) in [7, 11) is 0. The van der Waals surface area contributed by atoms with Crippen LogP contribution in [0.15, 0.2) is 60.7 Å². The molecule has 0 aromatic heterocycles. The lowest BCUT2D eigenvalue weighted by molar-refractivity contribution is -0.128. The number of hydrogen-bond acceptors (Lipinski definition) is 4. The minimum atomic E-state index is -0.140. The van der Waals surface area contributed by atoms with Gasteiger partial charge in [-0.1, -0.05) is 88.4 Å². The maximum absolute atomic E-state index is 12.5. The third-order valence-corrected chi connectivity index (χ3v) is 5.70. The van der Waals surface area contributed by atoms with E-state index in [2.05, 4.69) is 10.6 Å². The van der Waals surface area contributed by atoms with Gasteiger partial charge in [-0.25, -0.2) is 0 Å². The van der Waals surface area contributed by atoms with Crippen LogP contribution in [0, 0.1) is 11.8 Å². The second kappa shape index (κ2) is 15.3. The van der Waals surface area contributed by atoms with Crippen molar-refractivity contribution in [3.8, 4) is 0 Å². The van der Waals surface area contributed by atoms with Gasteiger partial charge < -0.3 is 20.1 Å². The fourth-order valence-corrected chi connectivity index (χ4v) is 3.34. The van der Waals surface area contributed by atoms with Gasteiger partial charge in [0, 0.05) is 12.8 Å². The first-order valence-electron chi connectivity index (χ1n) is 12.2. The van der Waals surface area contributed by atoms with Crippen LogP contribution in [0.1, 0.15) is 51.7 Å². The Balaban J connectivity index is 1.70. The van der Waals surface area contributed by atoms with E-state index in [-0.39, 0.29) is 48.6 Å². The zero-order valence-corrected chi connectivity index (χ0v) is 21.0. The standard InChI is InChI=1S/C28H40N2O4/c1-21(2)25(19-33-17-23-11-7-5-8-12-23)29-27(31)15-16-28(32)30-26(22(3)4)20-34-18-24-13-9-6-10-14-24/h5-14,21-22,25-26H,15-20H2,1-4H3,(H,29,31)(H,30,32)/t25-,26-/m1/s1. The van der Waals surface area contributed by atoms with Gasteiger partial charge in [-0.15, -0.1) is 0 Å². The van der Waals surface area contributed by atoms with Crippen LogP contribution in [0.25, 0.3) is 0 Å². The molecule has 2 rings (SSSR count). The van der Waals surface area contributed by atoms with E-state index in [1.807, 2.05) is 88.4 Å². The predicted octanol–water partition coefficient (Wildman–Crippen LogP) is 4.48. The molecule has 186 valence electrons. The topological polar surface area (TPSA) is 76.7 Å². The summed E-state index contributed by atoms with van der Waals surface area (Å²) in [5.74, 6) is 0.165. The van der Waals surface area contributed by atoms with E-state index in [0.717, 1.165) is 11.1 Å². The zero-order valence-electron chi connectivity index (χ0n) is 21.0. The van der Waals surface area contributed by atoms with Gasteiger partial charge in [-0.2, -0.15) is 0 Å². The molecule has 0 unspecified atom stereocenters. The average Bonchev–Trinajstić information content (AvgIpc) is 2.82. The number of amides is 2. The summed E-state index contributed by atoms with van der Waals surface area (Å²) in [5, 5.41) is 6.04. The van der Waals surface area contributed by atoms with Crippen molar-refractivity contribution in [3.05, 3.63) is 71.8 Å². The Kier molecular flexibility index (Phi) is 12.4. The minimum Gasteiger partial charge on any atom is -0.375 e. The number of nitrogens with one attached hydrogen (secondary N) is 2. The highest BCUT2D eigenvalue weighted by molar-refractivity contribution is 5.84. The van der Waals surface area contributed by atoms with Crippen LogP contribution in [0.5, 0.6) is 0 Å². The van der Waals surface area contributed by atoms with Crippen LogP contribution in [-0.2, 0) is 32.3 Å². The molecule has 6 nitrogen and oxygen atoms in total. The molecule has 0 saturated heterocycles. The van der Waals surface area contributed by atoms with E-state index >= 15 is 0 Å². The van der Waals surface area contributed by atoms with Crippen molar-refractivity contribution in [3.63, 3.8) is 0 Å². The number of benzene rings is 2.